The van der Waals surface area contributed by atoms with Crippen molar-refractivity contribution in [3.8, 4) is 0 Å². The normalized spacial score (nSPS) is 29.4. The largest absolute Gasteiger partial charge is 0.383 e. The molecule has 2 aliphatic heterocycles. The van der Waals surface area contributed by atoms with E-state index >= 15 is 0 Å². The zero-order valence-corrected chi connectivity index (χ0v) is 12.7. The van der Waals surface area contributed by atoms with Gasteiger partial charge in [-0.25, -0.2) is 0 Å². The quantitative estimate of drug-likeness (QED) is 0.690. The van der Waals surface area contributed by atoms with Crippen molar-refractivity contribution < 1.29 is 9.53 Å². The molecule has 0 bridgehead atoms. The first kappa shape index (κ1) is 14.3. The predicted octanol–water partition coefficient (Wildman–Crippen LogP) is 1.20. The summed E-state index contributed by atoms with van der Waals surface area (Å²) in [6, 6.07) is 0. The third-order valence-electron chi connectivity index (χ3n) is 3.97. The molecule has 2 fully saturated rings. The van der Waals surface area contributed by atoms with E-state index in [0.29, 0.717) is 17.7 Å². The van der Waals surface area contributed by atoms with Gasteiger partial charge >= 0.3 is 0 Å². The van der Waals surface area contributed by atoms with Gasteiger partial charge < -0.3 is 14.5 Å². The highest BCUT2D eigenvalue weighted by molar-refractivity contribution is 9.09. The van der Waals surface area contributed by atoms with Crippen LogP contribution in [-0.4, -0.2) is 67.5 Å². The molecule has 0 aromatic heterocycles. The highest BCUT2D eigenvalue weighted by Gasteiger charge is 2.32. The Labute approximate surface area is 118 Å². The van der Waals surface area contributed by atoms with E-state index in [-0.39, 0.29) is 0 Å². The van der Waals surface area contributed by atoms with Gasteiger partial charge in [0.1, 0.15) is 0 Å². The van der Waals surface area contributed by atoms with E-state index in [9.17, 15) is 4.79 Å². The fourth-order valence-electron chi connectivity index (χ4n) is 2.93. The molecule has 0 aliphatic carbocycles. The topological polar surface area (TPSA) is 32.8 Å². The lowest BCUT2D eigenvalue weighted by atomic mass is 10.1. The summed E-state index contributed by atoms with van der Waals surface area (Å²) < 4.78 is 5.11. The predicted molar refractivity (Wildman–Crippen MR) is 74.9 cm³/mol. The second-order valence-electron chi connectivity index (χ2n) is 5.47. The number of amides is 1. The summed E-state index contributed by atoms with van der Waals surface area (Å²) in [4.78, 5) is 16.4. The average molecular weight is 319 g/mol. The molecule has 0 spiro atoms. The summed E-state index contributed by atoms with van der Waals surface area (Å²) in [7, 11) is 1.75. The van der Waals surface area contributed by atoms with Crippen molar-refractivity contribution in [3.05, 3.63) is 0 Å². The van der Waals surface area contributed by atoms with Crippen LogP contribution < -0.4 is 0 Å². The number of nitrogens with zero attached hydrogens (tertiary/aromatic N) is 2. The van der Waals surface area contributed by atoms with Gasteiger partial charge in [0.05, 0.1) is 6.61 Å². The minimum absolute atomic E-state index is 0.342. The molecule has 4 nitrogen and oxygen atoms in total. The van der Waals surface area contributed by atoms with Gasteiger partial charge in [0.25, 0.3) is 0 Å². The maximum absolute atomic E-state index is 11.9. The minimum Gasteiger partial charge on any atom is -0.383 e. The Bertz CT molecular complexity index is 288. The Hall–Kier alpha value is -0.130. The van der Waals surface area contributed by atoms with E-state index in [1.807, 2.05) is 0 Å². The summed E-state index contributed by atoms with van der Waals surface area (Å²) in [5.41, 5.74) is 0. The Kier molecular flexibility index (Phi) is 5.45. The van der Waals surface area contributed by atoms with Crippen molar-refractivity contribution in [2.75, 3.05) is 51.8 Å². The lowest BCUT2D eigenvalue weighted by molar-refractivity contribution is -0.128. The van der Waals surface area contributed by atoms with Gasteiger partial charge in [0.2, 0.25) is 5.91 Å². The number of ether oxygens (including phenoxy) is 1. The lowest BCUT2D eigenvalue weighted by Crippen LogP contribution is -2.33. The third-order valence-corrected chi connectivity index (χ3v) is 4.89. The average Bonchev–Trinajstić information content (AvgIpc) is 2.95. The summed E-state index contributed by atoms with van der Waals surface area (Å²) in [5, 5.41) is 0.944. The van der Waals surface area contributed by atoms with Crippen LogP contribution in [0.15, 0.2) is 0 Å². The van der Waals surface area contributed by atoms with Gasteiger partial charge in [-0.2, -0.15) is 0 Å². The summed E-state index contributed by atoms with van der Waals surface area (Å²) in [5.74, 6) is 1.51. The standard InChI is InChI=1S/C13H23BrN2O2/c1-18-5-4-15-3-2-11(8-15)9-16-10-12(7-14)6-13(16)17/h11-12H,2-10H2,1H3. The molecule has 18 heavy (non-hydrogen) atoms. The minimum atomic E-state index is 0.342. The van der Waals surface area contributed by atoms with Crippen LogP contribution in [0.1, 0.15) is 12.8 Å². The third kappa shape index (κ3) is 3.68. The van der Waals surface area contributed by atoms with Crippen molar-refractivity contribution in [2.24, 2.45) is 11.8 Å². The Balaban J connectivity index is 1.73. The molecule has 0 N–H and O–H groups in total. The zero-order valence-electron chi connectivity index (χ0n) is 11.1. The molecule has 2 saturated heterocycles. The van der Waals surface area contributed by atoms with Crippen molar-refractivity contribution in [1.82, 2.24) is 9.80 Å². The first-order chi connectivity index (χ1) is 8.72. The van der Waals surface area contributed by atoms with Gasteiger partial charge in [-0.3, -0.25) is 4.79 Å². The number of methoxy groups -OCH3 is 1. The molecule has 0 aromatic rings. The van der Waals surface area contributed by atoms with Crippen LogP contribution in [0.4, 0.5) is 0 Å². The van der Waals surface area contributed by atoms with Crippen molar-refractivity contribution in [3.63, 3.8) is 0 Å². The summed E-state index contributed by atoms with van der Waals surface area (Å²) >= 11 is 3.48. The first-order valence-corrected chi connectivity index (χ1v) is 7.90. The molecule has 2 rings (SSSR count). The molecule has 2 aliphatic rings. The highest BCUT2D eigenvalue weighted by atomic mass is 79.9. The summed E-state index contributed by atoms with van der Waals surface area (Å²) in [6.45, 7) is 5.99. The van der Waals surface area contributed by atoms with E-state index in [1.54, 1.807) is 7.11 Å². The van der Waals surface area contributed by atoms with Crippen LogP contribution >= 0.6 is 15.9 Å². The molecule has 0 saturated carbocycles. The Morgan fingerprint density at radius 2 is 2.22 bits per heavy atom. The number of rotatable bonds is 6. The highest BCUT2D eigenvalue weighted by Crippen LogP contribution is 2.23. The molecule has 1 amide bonds. The van der Waals surface area contributed by atoms with Crippen molar-refractivity contribution in [1.29, 1.82) is 0 Å². The summed E-state index contributed by atoms with van der Waals surface area (Å²) in [6.07, 6.45) is 1.94. The van der Waals surface area contributed by atoms with Crippen molar-refractivity contribution in [2.45, 2.75) is 12.8 Å². The van der Waals surface area contributed by atoms with Gasteiger partial charge in [-0.05, 0) is 24.8 Å². The Morgan fingerprint density at radius 3 is 2.89 bits per heavy atom. The van der Waals surface area contributed by atoms with E-state index in [4.69, 9.17) is 4.74 Å². The number of alkyl halides is 1. The lowest BCUT2D eigenvalue weighted by Gasteiger charge is -2.21. The second kappa shape index (κ2) is 6.87. The fraction of sp³-hybridized carbons (Fsp3) is 0.923. The monoisotopic (exact) mass is 318 g/mol. The van der Waals surface area contributed by atoms with Gasteiger partial charge in [-0.15, -0.1) is 0 Å². The molecule has 2 atom stereocenters. The van der Waals surface area contributed by atoms with Crippen LogP contribution in [-0.2, 0) is 9.53 Å². The molecule has 104 valence electrons. The van der Waals surface area contributed by atoms with Crippen molar-refractivity contribution >= 4 is 21.8 Å². The number of hydrogen-bond acceptors (Lipinski definition) is 3. The van der Waals surface area contributed by atoms with Crippen LogP contribution in [0.3, 0.4) is 0 Å². The molecular formula is C13H23BrN2O2. The van der Waals surface area contributed by atoms with E-state index in [0.717, 1.165) is 51.1 Å². The maximum Gasteiger partial charge on any atom is 0.222 e. The molecule has 0 radical (unpaired) electrons. The molecule has 5 heteroatoms. The number of carbonyl (C=O) groups excluding carboxylic acids is 1. The number of hydrogen-bond donors (Lipinski definition) is 0. The zero-order chi connectivity index (χ0) is 13.0. The number of likely N-dealkylation sites (tertiary alicyclic amines) is 2. The molecule has 2 heterocycles. The van der Waals surface area contributed by atoms with Crippen LogP contribution in [0.5, 0.6) is 0 Å². The number of carbonyl (C=O) groups is 1. The Morgan fingerprint density at radius 1 is 1.39 bits per heavy atom. The van der Waals surface area contributed by atoms with Gasteiger partial charge in [0, 0.05) is 45.0 Å². The smallest absolute Gasteiger partial charge is 0.222 e. The van der Waals surface area contributed by atoms with E-state index in [2.05, 4.69) is 25.7 Å². The van der Waals surface area contributed by atoms with Crippen LogP contribution in [0, 0.1) is 11.8 Å². The van der Waals surface area contributed by atoms with Gasteiger partial charge in [0.15, 0.2) is 0 Å². The number of halogens is 1. The first-order valence-electron chi connectivity index (χ1n) is 6.78. The van der Waals surface area contributed by atoms with Crippen LogP contribution in [0.2, 0.25) is 0 Å². The second-order valence-corrected chi connectivity index (χ2v) is 6.12. The van der Waals surface area contributed by atoms with E-state index < -0.39 is 0 Å². The van der Waals surface area contributed by atoms with E-state index in [1.165, 1.54) is 6.42 Å². The molecular weight excluding hydrogens is 296 g/mol. The van der Waals surface area contributed by atoms with Gasteiger partial charge in [-0.1, -0.05) is 15.9 Å². The van der Waals surface area contributed by atoms with Crippen LogP contribution in [0.25, 0.3) is 0 Å². The molecule has 2 unspecified atom stereocenters. The fourth-order valence-corrected chi connectivity index (χ4v) is 3.36. The SMILES string of the molecule is COCCN1CCC(CN2CC(CBr)CC2=O)C1. The molecule has 0 aromatic carbocycles. The maximum atomic E-state index is 11.9.